The van der Waals surface area contributed by atoms with Crippen LogP contribution in [0.25, 0.3) is 32.8 Å². The number of Topliss-reactive ketones (excluding diaryl/α,β-unsaturated/α-hetero) is 1. The van der Waals surface area contributed by atoms with Crippen molar-refractivity contribution in [1.82, 2.24) is 35.5 Å². The lowest BCUT2D eigenvalue weighted by molar-refractivity contribution is -0.143. The first-order valence-corrected chi connectivity index (χ1v) is 24.5. The highest BCUT2D eigenvalue weighted by molar-refractivity contribution is 7.13. The molecule has 6 aromatic rings. The number of hydrogen-bond acceptors (Lipinski definition) is 13. The van der Waals surface area contributed by atoms with E-state index in [-0.39, 0.29) is 48.3 Å². The van der Waals surface area contributed by atoms with Crippen molar-refractivity contribution in [2.75, 3.05) is 43.4 Å². The zero-order valence-electron chi connectivity index (χ0n) is 38.3. The number of benzene rings is 3. The van der Waals surface area contributed by atoms with E-state index >= 15 is 0 Å². The molecule has 67 heavy (non-hydrogen) atoms. The summed E-state index contributed by atoms with van der Waals surface area (Å²) in [5, 5.41) is 24.8. The van der Waals surface area contributed by atoms with Crippen molar-refractivity contribution in [3.8, 4) is 38.6 Å². The summed E-state index contributed by atoms with van der Waals surface area (Å²) in [7, 11) is 3.67. The van der Waals surface area contributed by atoms with Crippen molar-refractivity contribution >= 4 is 50.7 Å². The van der Waals surface area contributed by atoms with Gasteiger partial charge in [0.2, 0.25) is 11.8 Å². The molecular formula is C51H56N9O5SSi. The van der Waals surface area contributed by atoms with Crippen molar-refractivity contribution in [2.24, 2.45) is 5.92 Å². The number of nitrogens with one attached hydrogen (secondary N) is 1. The number of nitrogens with zero attached hydrogens (tertiary/aromatic N) is 7. The van der Waals surface area contributed by atoms with E-state index in [4.69, 9.17) is 10.3 Å². The van der Waals surface area contributed by atoms with E-state index in [1.807, 2.05) is 81.7 Å². The molecule has 0 spiro atoms. The van der Waals surface area contributed by atoms with Gasteiger partial charge in [0, 0.05) is 54.4 Å². The highest BCUT2D eigenvalue weighted by atomic mass is 32.1. The number of piperidine rings is 2. The third-order valence-electron chi connectivity index (χ3n) is 13.9. The first-order chi connectivity index (χ1) is 32.3. The summed E-state index contributed by atoms with van der Waals surface area (Å²) in [5.41, 5.74) is 15.9. The van der Waals surface area contributed by atoms with Crippen molar-refractivity contribution in [3.05, 3.63) is 113 Å². The number of amides is 2. The Hall–Kier alpha value is -6.23. The molecule has 3 fully saturated rings. The van der Waals surface area contributed by atoms with Crippen molar-refractivity contribution in [3.63, 3.8) is 0 Å². The van der Waals surface area contributed by atoms with Gasteiger partial charge in [-0.25, -0.2) is 4.98 Å². The molecule has 6 heterocycles. The highest BCUT2D eigenvalue weighted by Crippen LogP contribution is 2.38. The van der Waals surface area contributed by atoms with Crippen LogP contribution in [-0.2, 0) is 14.4 Å². The van der Waals surface area contributed by atoms with E-state index in [1.165, 1.54) is 10.6 Å². The quantitative estimate of drug-likeness (QED) is 0.102. The van der Waals surface area contributed by atoms with E-state index < -0.39 is 17.0 Å². The van der Waals surface area contributed by atoms with Crippen LogP contribution >= 0.6 is 11.3 Å². The molecule has 16 heteroatoms. The fraction of sp³-hybridized carbons (Fsp3) is 0.392. The number of aromatic hydroxyl groups is 1. The van der Waals surface area contributed by atoms with Gasteiger partial charge in [-0.3, -0.25) is 14.4 Å². The number of phenolic OH excluding ortho intramolecular Hbond substituents is 1. The van der Waals surface area contributed by atoms with Gasteiger partial charge >= 0.3 is 0 Å². The molecule has 3 aliphatic heterocycles. The van der Waals surface area contributed by atoms with Crippen molar-refractivity contribution < 1.29 is 24.0 Å². The first-order valence-electron chi connectivity index (χ1n) is 23.1. The number of ketones is 1. The summed E-state index contributed by atoms with van der Waals surface area (Å²) in [4.78, 5) is 53.4. The Balaban J connectivity index is 0.784. The Morgan fingerprint density at radius 2 is 1.61 bits per heavy atom. The van der Waals surface area contributed by atoms with Crippen LogP contribution in [0.1, 0.15) is 93.5 Å². The van der Waals surface area contributed by atoms with Gasteiger partial charge in [0.25, 0.3) is 0 Å². The van der Waals surface area contributed by atoms with Crippen LogP contribution in [0.4, 0.5) is 11.5 Å². The van der Waals surface area contributed by atoms with Crippen molar-refractivity contribution in [1.29, 1.82) is 0 Å². The van der Waals surface area contributed by atoms with Gasteiger partial charge in [0.05, 0.1) is 50.3 Å². The molecule has 0 aliphatic carbocycles. The first kappa shape index (κ1) is 45.9. The summed E-state index contributed by atoms with van der Waals surface area (Å²) in [6.45, 7) is 11.4. The standard InChI is InChI=1S/C51H56N9O5SSi/c1-30(2)46(49(63)60-28-39(61)27-51(60,67)50(64)54-31(3)33-9-11-36(12-10-33)47-32(4)53-29-66-47)45-26-42(57-65-45)35-17-21-58(22-18-35)38-19-23-59(24-20-38)37-15-13-34(14-16-37)41-25-43(55-56-48(41)52)40-7-5-6-8-44(40)62/h5-16,25-26,29-31,35,38,46,62H,17-24,27-28H2,1-4H3,(H2,52,56)(H,54,64)/t31-,46?,51+/m0/s1. The number of carbonyl (C=O) groups is 3. The summed E-state index contributed by atoms with van der Waals surface area (Å²) in [6, 6.07) is 27.4. The molecule has 3 radical (unpaired) electrons. The number of carbonyl (C=O) groups excluding carboxylic acids is 3. The molecule has 3 aliphatic rings. The van der Waals surface area contributed by atoms with E-state index in [2.05, 4.69) is 70.0 Å². The predicted molar refractivity (Wildman–Crippen MR) is 261 cm³/mol. The molecule has 2 amide bonds. The van der Waals surface area contributed by atoms with E-state index in [0.29, 0.717) is 28.9 Å². The molecular weight excluding hydrogens is 879 g/mol. The third-order valence-corrected chi connectivity index (χ3v) is 15.6. The number of nitrogens with two attached hydrogens (primary N) is 1. The largest absolute Gasteiger partial charge is 0.507 e. The lowest BCUT2D eigenvalue weighted by Gasteiger charge is -2.42. The number of para-hydroxylation sites is 1. The second-order valence-corrected chi connectivity index (χ2v) is 20.3. The Morgan fingerprint density at radius 3 is 2.28 bits per heavy atom. The van der Waals surface area contributed by atoms with Gasteiger partial charge in [-0.05, 0) is 106 Å². The molecule has 3 atom stereocenters. The number of aryl methyl sites for hydroxylation is 1. The predicted octanol–water partition coefficient (Wildman–Crippen LogP) is 7.65. The maximum absolute atomic E-state index is 14.5. The molecule has 1 unspecified atom stereocenters. The summed E-state index contributed by atoms with van der Waals surface area (Å²) in [5.74, 6) is -0.782. The third kappa shape index (κ3) is 9.39. The Bertz CT molecular complexity index is 2750. The number of thiazole rings is 1. The molecule has 0 bridgehead atoms. The molecule has 345 valence electrons. The van der Waals surface area contributed by atoms with Crippen LogP contribution in [0.2, 0.25) is 0 Å². The SMILES string of the molecule is Cc1ncsc1-c1ccc([C@H](C)NC(=O)[C@]2([Si])CC(=O)CN2C(=O)C(c2cc(C3CCN(C4CCN(c5ccc(-c6cc(-c7ccccc7O)nnc6N)cc5)CC4)CC3)no2)C(C)C)cc1. The number of likely N-dealkylation sites (tertiary alicyclic amines) is 2. The summed E-state index contributed by atoms with van der Waals surface area (Å²) >= 11 is 1.58. The zero-order valence-corrected chi connectivity index (χ0v) is 40.1. The number of hydrogen-bond donors (Lipinski definition) is 3. The Morgan fingerprint density at radius 1 is 0.910 bits per heavy atom. The topological polar surface area (TPSA) is 184 Å². The Labute approximate surface area is 398 Å². The lowest BCUT2D eigenvalue weighted by Crippen LogP contribution is -2.59. The van der Waals surface area contributed by atoms with E-state index in [1.54, 1.807) is 23.5 Å². The number of phenols is 1. The van der Waals surface area contributed by atoms with Crippen LogP contribution in [0.3, 0.4) is 0 Å². The summed E-state index contributed by atoms with van der Waals surface area (Å²) < 4.78 is 5.96. The van der Waals surface area contributed by atoms with Gasteiger partial charge in [-0.15, -0.1) is 21.5 Å². The maximum atomic E-state index is 14.5. The monoisotopic (exact) mass is 934 g/mol. The van der Waals surface area contributed by atoms with Gasteiger partial charge in [0.15, 0.2) is 11.6 Å². The van der Waals surface area contributed by atoms with Crippen LogP contribution in [0.5, 0.6) is 5.75 Å². The second kappa shape index (κ2) is 19.2. The normalized spacial score (nSPS) is 19.5. The van der Waals surface area contributed by atoms with Crippen molar-refractivity contribution in [2.45, 2.75) is 88.9 Å². The molecule has 3 aromatic carbocycles. The molecule has 0 saturated carbocycles. The maximum Gasteiger partial charge on any atom is 0.242 e. The molecule has 3 aromatic heterocycles. The fourth-order valence-corrected chi connectivity index (χ4v) is 11.3. The molecule has 3 saturated heterocycles. The van der Waals surface area contributed by atoms with E-state index in [0.717, 1.165) is 90.4 Å². The average Bonchev–Trinajstić information content (AvgIpc) is 4.08. The van der Waals surface area contributed by atoms with Gasteiger partial charge in [-0.1, -0.05) is 67.5 Å². The smallest absolute Gasteiger partial charge is 0.242 e. The van der Waals surface area contributed by atoms with Gasteiger partial charge in [0.1, 0.15) is 22.6 Å². The minimum absolute atomic E-state index is 0.139. The van der Waals surface area contributed by atoms with Crippen LogP contribution in [-0.4, -0.2) is 107 Å². The van der Waals surface area contributed by atoms with E-state index in [9.17, 15) is 19.5 Å². The van der Waals surface area contributed by atoms with Crippen LogP contribution in [0, 0.1) is 12.8 Å². The Kier molecular flexibility index (Phi) is 13.1. The number of nitrogen functional groups attached to an aromatic ring is 1. The summed E-state index contributed by atoms with van der Waals surface area (Å²) in [6.07, 6.45) is 3.86. The lowest BCUT2D eigenvalue weighted by atomic mass is 9.88. The molecule has 4 N–H and O–H groups in total. The van der Waals surface area contributed by atoms with Crippen LogP contribution < -0.4 is 16.0 Å². The highest BCUT2D eigenvalue weighted by Gasteiger charge is 2.52. The number of anilines is 2. The molecule has 9 rings (SSSR count). The minimum Gasteiger partial charge on any atom is -0.507 e. The van der Waals surface area contributed by atoms with Gasteiger partial charge in [-0.2, -0.15) is 0 Å². The second-order valence-electron chi connectivity index (χ2n) is 18.6. The number of rotatable bonds is 12. The zero-order chi connectivity index (χ0) is 47.0. The van der Waals surface area contributed by atoms with Crippen LogP contribution in [0.15, 0.2) is 95.0 Å². The number of aromatic nitrogens is 4. The average molecular weight is 935 g/mol. The minimum atomic E-state index is -1.54. The fourth-order valence-electron chi connectivity index (χ4n) is 10.0. The van der Waals surface area contributed by atoms with Gasteiger partial charge < -0.3 is 35.4 Å². The molecule has 14 nitrogen and oxygen atoms in total.